The Hall–Kier alpha value is -2.92. The van der Waals surface area contributed by atoms with Gasteiger partial charge in [0, 0.05) is 6.20 Å². The molecule has 0 saturated carbocycles. The van der Waals surface area contributed by atoms with Crippen LogP contribution in [0.1, 0.15) is 17.2 Å². The summed E-state index contributed by atoms with van der Waals surface area (Å²) in [6, 6.07) is 24.0. The summed E-state index contributed by atoms with van der Waals surface area (Å²) in [5.41, 5.74) is 2.26. The van der Waals surface area contributed by atoms with Gasteiger partial charge in [-0.25, -0.2) is 4.98 Å². The van der Waals surface area contributed by atoms with Crippen LogP contribution >= 0.6 is 12.2 Å². The van der Waals surface area contributed by atoms with Crippen LogP contribution in [0.5, 0.6) is 5.75 Å². The largest absolute Gasteiger partial charge is 0.493 e. The van der Waals surface area contributed by atoms with E-state index in [4.69, 9.17) is 17.0 Å². The third kappa shape index (κ3) is 4.33. The molecule has 0 amide bonds. The van der Waals surface area contributed by atoms with Gasteiger partial charge in [-0.05, 0) is 35.5 Å². The highest BCUT2D eigenvalue weighted by atomic mass is 32.1. The topological polar surface area (TPSA) is 46.2 Å². The molecule has 0 radical (unpaired) electrons. The number of rotatable bonds is 5. The summed E-state index contributed by atoms with van der Waals surface area (Å²) in [5, 5.41) is 6.97. The van der Waals surface area contributed by atoms with Crippen molar-refractivity contribution in [2.24, 2.45) is 0 Å². The summed E-state index contributed by atoms with van der Waals surface area (Å²) in [4.78, 5) is 4.28. The van der Waals surface area contributed by atoms with Crippen molar-refractivity contribution in [3.05, 3.63) is 90.1 Å². The van der Waals surface area contributed by atoms with Gasteiger partial charge in [-0.2, -0.15) is 0 Å². The van der Waals surface area contributed by atoms with Crippen molar-refractivity contribution >= 4 is 23.1 Å². The maximum Gasteiger partial charge on any atom is 0.174 e. The first-order valence-corrected chi connectivity index (χ1v) is 8.35. The minimum absolute atomic E-state index is 0.0582. The molecule has 3 rings (SSSR count). The van der Waals surface area contributed by atoms with Crippen LogP contribution in [0.2, 0.25) is 0 Å². The fourth-order valence-corrected chi connectivity index (χ4v) is 2.79. The second-order valence-corrected chi connectivity index (χ2v) is 5.82. The second-order valence-electron chi connectivity index (χ2n) is 5.41. The molecule has 1 heterocycles. The standard InChI is InChI=1S/C20H19N3OS/c1-24-17-13-8-14-21-19(17)23-20(25)22-18(15-9-4-2-5-10-15)16-11-6-3-7-12-16/h2-14,18H,1H3,(H2,21,22,23,25). The summed E-state index contributed by atoms with van der Waals surface area (Å²) in [6.45, 7) is 0. The molecule has 2 N–H and O–H groups in total. The van der Waals surface area contributed by atoms with E-state index in [1.165, 1.54) is 0 Å². The summed E-state index contributed by atoms with van der Waals surface area (Å²) in [7, 11) is 1.61. The average Bonchev–Trinajstić information content (AvgIpc) is 2.68. The third-order valence-corrected chi connectivity index (χ3v) is 3.98. The van der Waals surface area contributed by atoms with Crippen LogP contribution in [0, 0.1) is 0 Å². The third-order valence-electron chi connectivity index (χ3n) is 3.76. The van der Waals surface area contributed by atoms with Crippen molar-refractivity contribution in [2.45, 2.75) is 6.04 Å². The number of anilines is 1. The monoisotopic (exact) mass is 349 g/mol. The molecule has 0 bridgehead atoms. The zero-order valence-corrected chi connectivity index (χ0v) is 14.7. The number of ether oxygens (including phenoxy) is 1. The van der Waals surface area contributed by atoms with Gasteiger partial charge in [-0.3, -0.25) is 0 Å². The summed E-state index contributed by atoms with van der Waals surface area (Å²) >= 11 is 5.50. The van der Waals surface area contributed by atoms with Crippen molar-refractivity contribution in [1.29, 1.82) is 0 Å². The molecular weight excluding hydrogens is 330 g/mol. The Bertz CT molecular complexity index is 785. The summed E-state index contributed by atoms with van der Waals surface area (Å²) in [5.74, 6) is 1.23. The van der Waals surface area contributed by atoms with Crippen molar-refractivity contribution in [3.8, 4) is 5.75 Å². The van der Waals surface area contributed by atoms with E-state index in [0.717, 1.165) is 11.1 Å². The predicted octanol–water partition coefficient (Wildman–Crippen LogP) is 4.17. The number of nitrogens with one attached hydrogen (secondary N) is 2. The van der Waals surface area contributed by atoms with Crippen LogP contribution < -0.4 is 15.4 Å². The van der Waals surface area contributed by atoms with Gasteiger partial charge in [0.1, 0.15) is 0 Å². The number of hydrogen-bond donors (Lipinski definition) is 2. The highest BCUT2D eigenvalue weighted by Gasteiger charge is 2.15. The van der Waals surface area contributed by atoms with E-state index in [2.05, 4.69) is 39.9 Å². The van der Waals surface area contributed by atoms with E-state index in [1.807, 2.05) is 48.5 Å². The first-order valence-electron chi connectivity index (χ1n) is 7.94. The van der Waals surface area contributed by atoms with Crippen LogP contribution in [-0.2, 0) is 0 Å². The van der Waals surface area contributed by atoms with E-state index in [0.29, 0.717) is 16.7 Å². The van der Waals surface area contributed by atoms with E-state index in [9.17, 15) is 0 Å². The van der Waals surface area contributed by atoms with E-state index >= 15 is 0 Å². The number of thiocarbonyl (C=S) groups is 1. The fourth-order valence-electron chi connectivity index (χ4n) is 2.57. The molecule has 0 fully saturated rings. The van der Waals surface area contributed by atoms with Gasteiger partial charge >= 0.3 is 0 Å². The molecule has 0 aliphatic carbocycles. The first-order chi connectivity index (χ1) is 12.3. The molecule has 2 aromatic carbocycles. The minimum atomic E-state index is -0.0582. The van der Waals surface area contributed by atoms with Crippen molar-refractivity contribution in [1.82, 2.24) is 10.3 Å². The van der Waals surface area contributed by atoms with Crippen molar-refractivity contribution < 1.29 is 4.74 Å². The Morgan fingerprint density at radius 2 is 1.52 bits per heavy atom. The lowest BCUT2D eigenvalue weighted by molar-refractivity contribution is 0.415. The number of methoxy groups -OCH3 is 1. The van der Waals surface area contributed by atoms with Gasteiger partial charge in [0.2, 0.25) is 0 Å². The van der Waals surface area contributed by atoms with Crippen molar-refractivity contribution in [3.63, 3.8) is 0 Å². The molecule has 0 atom stereocenters. The molecule has 3 aromatic rings. The number of benzene rings is 2. The highest BCUT2D eigenvalue weighted by Crippen LogP contribution is 2.23. The zero-order valence-electron chi connectivity index (χ0n) is 13.8. The Balaban J connectivity index is 1.82. The van der Waals surface area contributed by atoms with E-state index < -0.39 is 0 Å². The van der Waals surface area contributed by atoms with E-state index in [1.54, 1.807) is 13.3 Å². The smallest absolute Gasteiger partial charge is 0.174 e. The Morgan fingerprint density at radius 3 is 2.08 bits per heavy atom. The van der Waals surface area contributed by atoms with Crippen LogP contribution in [0.25, 0.3) is 0 Å². The molecule has 126 valence electrons. The summed E-state index contributed by atoms with van der Waals surface area (Å²) in [6.07, 6.45) is 1.69. The lowest BCUT2D eigenvalue weighted by Gasteiger charge is -2.22. The molecule has 0 aliphatic heterocycles. The van der Waals surface area contributed by atoms with Gasteiger partial charge in [0.05, 0.1) is 13.2 Å². The Kier molecular flexibility index (Phi) is 5.59. The van der Waals surface area contributed by atoms with Gasteiger partial charge in [0.15, 0.2) is 16.7 Å². The zero-order chi connectivity index (χ0) is 17.5. The van der Waals surface area contributed by atoms with Crippen LogP contribution in [0.4, 0.5) is 5.82 Å². The quantitative estimate of drug-likeness (QED) is 0.677. The van der Waals surface area contributed by atoms with E-state index in [-0.39, 0.29) is 6.04 Å². The average molecular weight is 349 g/mol. The number of hydrogen-bond acceptors (Lipinski definition) is 3. The number of nitrogens with zero attached hydrogens (tertiary/aromatic N) is 1. The van der Waals surface area contributed by atoms with Crippen LogP contribution in [0.15, 0.2) is 79.0 Å². The van der Waals surface area contributed by atoms with Gasteiger partial charge in [0.25, 0.3) is 0 Å². The van der Waals surface area contributed by atoms with Crippen LogP contribution in [0.3, 0.4) is 0 Å². The Morgan fingerprint density at radius 1 is 0.920 bits per heavy atom. The minimum Gasteiger partial charge on any atom is -0.493 e. The predicted molar refractivity (Wildman–Crippen MR) is 105 cm³/mol. The second kappa shape index (κ2) is 8.26. The molecule has 5 heteroatoms. The van der Waals surface area contributed by atoms with Crippen LogP contribution in [-0.4, -0.2) is 17.2 Å². The normalized spacial score (nSPS) is 10.3. The number of pyridine rings is 1. The van der Waals surface area contributed by atoms with Crippen molar-refractivity contribution in [2.75, 3.05) is 12.4 Å². The molecule has 0 saturated heterocycles. The maximum atomic E-state index is 5.50. The SMILES string of the molecule is COc1cccnc1NC(=S)NC(c1ccccc1)c1ccccc1. The number of aromatic nitrogens is 1. The summed E-state index contributed by atoms with van der Waals surface area (Å²) < 4.78 is 5.31. The molecule has 4 nitrogen and oxygen atoms in total. The lowest BCUT2D eigenvalue weighted by atomic mass is 9.99. The highest BCUT2D eigenvalue weighted by molar-refractivity contribution is 7.80. The molecule has 1 aromatic heterocycles. The fraction of sp³-hybridized carbons (Fsp3) is 0.100. The first kappa shape index (κ1) is 16.9. The maximum absolute atomic E-state index is 5.50. The molecule has 25 heavy (non-hydrogen) atoms. The van der Waals surface area contributed by atoms with Gasteiger partial charge in [-0.1, -0.05) is 60.7 Å². The molecular formula is C20H19N3OS. The van der Waals surface area contributed by atoms with Gasteiger partial charge < -0.3 is 15.4 Å². The molecule has 0 aliphatic rings. The molecule has 0 spiro atoms. The lowest BCUT2D eigenvalue weighted by Crippen LogP contribution is -2.33. The molecule has 0 unspecified atom stereocenters. The van der Waals surface area contributed by atoms with Gasteiger partial charge in [-0.15, -0.1) is 0 Å². The Labute approximate surface area is 152 Å².